The van der Waals surface area contributed by atoms with E-state index in [2.05, 4.69) is 54.1 Å². The second-order valence-corrected chi connectivity index (χ2v) is 8.22. The number of anilines is 1. The number of thiocarbonyl (C=S) groups is 1. The van der Waals surface area contributed by atoms with Crippen LogP contribution in [0.5, 0.6) is 0 Å². The molecule has 28 heavy (non-hydrogen) atoms. The average Bonchev–Trinajstić information content (AvgIpc) is 3.32. The summed E-state index contributed by atoms with van der Waals surface area (Å²) in [5.41, 5.74) is 2.88. The second-order valence-electron chi connectivity index (χ2n) is 5.71. The van der Waals surface area contributed by atoms with Crippen molar-refractivity contribution < 1.29 is 13.6 Å². The fourth-order valence-electron chi connectivity index (χ4n) is 2.52. The number of carbonyl (C=O) groups is 1. The van der Waals surface area contributed by atoms with Crippen LogP contribution in [0.1, 0.15) is 10.6 Å². The zero-order valence-corrected chi connectivity index (χ0v) is 18.6. The van der Waals surface area contributed by atoms with Gasteiger partial charge in [-0.2, -0.15) is 0 Å². The van der Waals surface area contributed by atoms with Crippen LogP contribution in [-0.2, 0) is 0 Å². The van der Waals surface area contributed by atoms with Crippen molar-refractivity contribution in [2.24, 2.45) is 0 Å². The summed E-state index contributed by atoms with van der Waals surface area (Å²) in [6.07, 6.45) is 1.42. The molecule has 2 aromatic carbocycles. The Labute approximate surface area is 187 Å². The molecular formula is C19H11BrIN3O3S. The normalized spacial score (nSPS) is 10.8. The van der Waals surface area contributed by atoms with Gasteiger partial charge in [-0.15, -0.1) is 0 Å². The highest BCUT2D eigenvalue weighted by Crippen LogP contribution is 2.32. The smallest absolute Gasteiger partial charge is 0.293 e. The third-order valence-corrected chi connectivity index (χ3v) is 5.34. The first-order chi connectivity index (χ1) is 13.5. The summed E-state index contributed by atoms with van der Waals surface area (Å²) in [5, 5.41) is 5.68. The van der Waals surface area contributed by atoms with Gasteiger partial charge in [0.25, 0.3) is 5.91 Å². The van der Waals surface area contributed by atoms with Gasteiger partial charge in [-0.25, -0.2) is 4.98 Å². The number of furan rings is 1. The summed E-state index contributed by atoms with van der Waals surface area (Å²) < 4.78 is 12.9. The van der Waals surface area contributed by atoms with Crippen molar-refractivity contribution in [3.63, 3.8) is 0 Å². The number of rotatable bonds is 3. The minimum absolute atomic E-state index is 0.157. The van der Waals surface area contributed by atoms with Gasteiger partial charge in [0.15, 0.2) is 16.5 Å². The lowest BCUT2D eigenvalue weighted by molar-refractivity contribution is 0.0950. The Bertz CT molecular complexity index is 1190. The van der Waals surface area contributed by atoms with Crippen LogP contribution in [-0.4, -0.2) is 16.0 Å². The van der Waals surface area contributed by atoms with E-state index in [-0.39, 0.29) is 10.9 Å². The molecule has 6 nitrogen and oxygen atoms in total. The number of hydrogen-bond donors (Lipinski definition) is 2. The minimum Gasteiger partial charge on any atom is -0.459 e. The largest absolute Gasteiger partial charge is 0.459 e. The molecule has 2 aromatic heterocycles. The number of fused-ring (bicyclic) bond motifs is 1. The molecule has 4 aromatic rings. The molecular weight excluding hydrogens is 557 g/mol. The van der Waals surface area contributed by atoms with Crippen LogP contribution < -0.4 is 10.6 Å². The van der Waals surface area contributed by atoms with Crippen molar-refractivity contribution in [3.05, 3.63) is 68.6 Å². The number of hydrogen-bond acceptors (Lipinski definition) is 5. The molecule has 0 fully saturated rings. The third-order valence-electron chi connectivity index (χ3n) is 3.78. The van der Waals surface area contributed by atoms with E-state index in [1.165, 1.54) is 6.26 Å². The van der Waals surface area contributed by atoms with Crippen molar-refractivity contribution in [3.8, 4) is 11.5 Å². The predicted molar refractivity (Wildman–Crippen MR) is 122 cm³/mol. The molecule has 9 heteroatoms. The molecule has 4 rings (SSSR count). The van der Waals surface area contributed by atoms with Gasteiger partial charge >= 0.3 is 0 Å². The molecule has 1 amide bonds. The van der Waals surface area contributed by atoms with Gasteiger partial charge in [0.1, 0.15) is 5.52 Å². The summed E-state index contributed by atoms with van der Waals surface area (Å²) in [4.78, 5) is 16.5. The van der Waals surface area contributed by atoms with Crippen molar-refractivity contribution in [1.29, 1.82) is 0 Å². The molecule has 0 bridgehead atoms. The van der Waals surface area contributed by atoms with Gasteiger partial charge in [0.05, 0.1) is 11.8 Å². The standard InChI is InChI=1S/C19H11BrIN3O3S/c20-13-5-3-10(21)8-12(13)18-23-14-9-11(4-6-15(14)27-18)22-19(28)24-17(25)16-2-1-7-26-16/h1-9H,(H2,22,24,25,28). The van der Waals surface area contributed by atoms with E-state index < -0.39 is 5.91 Å². The number of amides is 1. The summed E-state index contributed by atoms with van der Waals surface area (Å²) in [5.74, 6) is 0.283. The Morgan fingerprint density at radius 3 is 2.82 bits per heavy atom. The van der Waals surface area contributed by atoms with Crippen LogP contribution in [0.2, 0.25) is 0 Å². The summed E-state index contributed by atoms with van der Waals surface area (Å²) >= 11 is 11.0. The Morgan fingerprint density at radius 2 is 2.04 bits per heavy atom. The average molecular weight is 568 g/mol. The van der Waals surface area contributed by atoms with E-state index in [0.717, 1.165) is 13.6 Å². The van der Waals surface area contributed by atoms with Crippen molar-refractivity contribution in [1.82, 2.24) is 10.3 Å². The molecule has 0 saturated carbocycles. The van der Waals surface area contributed by atoms with E-state index in [1.807, 2.05) is 18.2 Å². The number of aromatic nitrogens is 1. The zero-order valence-electron chi connectivity index (χ0n) is 14.0. The number of carbonyl (C=O) groups excluding carboxylic acids is 1. The van der Waals surface area contributed by atoms with E-state index in [9.17, 15) is 4.79 Å². The first-order valence-corrected chi connectivity index (χ1v) is 10.3. The third kappa shape index (κ3) is 4.10. The number of halogens is 2. The molecule has 0 atom stereocenters. The first-order valence-electron chi connectivity index (χ1n) is 8.01. The van der Waals surface area contributed by atoms with Gasteiger partial charge in [-0.05, 0) is 99.3 Å². The van der Waals surface area contributed by atoms with E-state index in [1.54, 1.807) is 30.3 Å². The number of oxazole rings is 1. The van der Waals surface area contributed by atoms with Gasteiger partial charge in [0.2, 0.25) is 5.89 Å². The molecule has 2 heterocycles. The quantitative estimate of drug-likeness (QED) is 0.248. The Balaban J connectivity index is 1.54. The van der Waals surface area contributed by atoms with Crippen molar-refractivity contribution in [2.45, 2.75) is 0 Å². The van der Waals surface area contributed by atoms with Crippen LogP contribution in [0, 0.1) is 3.57 Å². The minimum atomic E-state index is -0.421. The van der Waals surface area contributed by atoms with Crippen LogP contribution in [0.15, 0.2) is 68.1 Å². The molecule has 0 spiro atoms. The highest BCUT2D eigenvalue weighted by molar-refractivity contribution is 14.1. The van der Waals surface area contributed by atoms with Crippen LogP contribution in [0.25, 0.3) is 22.6 Å². The molecule has 0 saturated heterocycles. The van der Waals surface area contributed by atoms with E-state index in [4.69, 9.17) is 21.1 Å². The SMILES string of the molecule is O=C(NC(=S)Nc1ccc2oc(-c3cc(I)ccc3Br)nc2c1)c1ccco1. The number of nitrogens with one attached hydrogen (secondary N) is 2. The van der Waals surface area contributed by atoms with Crippen LogP contribution in [0.4, 0.5) is 5.69 Å². The predicted octanol–water partition coefficient (Wildman–Crippen LogP) is 5.58. The highest BCUT2D eigenvalue weighted by Gasteiger charge is 2.14. The molecule has 140 valence electrons. The van der Waals surface area contributed by atoms with Crippen LogP contribution >= 0.6 is 50.7 Å². The Hall–Kier alpha value is -2.24. The monoisotopic (exact) mass is 567 g/mol. The van der Waals surface area contributed by atoms with Crippen molar-refractivity contribution >= 4 is 78.5 Å². The fraction of sp³-hybridized carbons (Fsp3) is 0. The van der Waals surface area contributed by atoms with Gasteiger partial charge < -0.3 is 14.2 Å². The van der Waals surface area contributed by atoms with Gasteiger partial charge in [0, 0.05) is 13.7 Å². The lowest BCUT2D eigenvalue weighted by Crippen LogP contribution is -2.33. The molecule has 2 N–H and O–H groups in total. The van der Waals surface area contributed by atoms with Gasteiger partial charge in [-0.1, -0.05) is 0 Å². The fourth-order valence-corrected chi connectivity index (χ4v) is 3.63. The Kier molecular flexibility index (Phi) is 5.47. The number of benzene rings is 2. The highest BCUT2D eigenvalue weighted by atomic mass is 127. The molecule has 0 aliphatic heterocycles. The molecule has 0 radical (unpaired) electrons. The first kappa shape index (κ1) is 19.1. The van der Waals surface area contributed by atoms with Crippen molar-refractivity contribution in [2.75, 3.05) is 5.32 Å². The maximum Gasteiger partial charge on any atom is 0.293 e. The number of nitrogens with zero attached hydrogens (tertiary/aromatic N) is 1. The summed E-state index contributed by atoms with van der Waals surface area (Å²) in [7, 11) is 0. The Morgan fingerprint density at radius 1 is 1.18 bits per heavy atom. The zero-order chi connectivity index (χ0) is 19.7. The lowest BCUT2D eigenvalue weighted by atomic mass is 10.2. The van der Waals surface area contributed by atoms with Gasteiger partial charge in [-0.3, -0.25) is 10.1 Å². The maximum atomic E-state index is 12.0. The van der Waals surface area contributed by atoms with E-state index >= 15 is 0 Å². The molecule has 0 unspecified atom stereocenters. The summed E-state index contributed by atoms with van der Waals surface area (Å²) in [6, 6.07) is 14.5. The second kappa shape index (κ2) is 8.02. The van der Waals surface area contributed by atoms with Crippen LogP contribution in [0.3, 0.4) is 0 Å². The lowest BCUT2D eigenvalue weighted by Gasteiger charge is -2.08. The molecule has 0 aliphatic carbocycles. The topological polar surface area (TPSA) is 80.3 Å². The summed E-state index contributed by atoms with van der Waals surface area (Å²) in [6.45, 7) is 0. The van der Waals surface area contributed by atoms with E-state index in [0.29, 0.717) is 22.7 Å². The molecule has 0 aliphatic rings. The maximum absolute atomic E-state index is 12.0.